The van der Waals surface area contributed by atoms with Gasteiger partial charge in [0.2, 0.25) is 0 Å². The Morgan fingerprint density at radius 3 is 2.23 bits per heavy atom. The van der Waals surface area contributed by atoms with E-state index in [9.17, 15) is 0 Å². The quantitative estimate of drug-likeness (QED) is 0.322. The Bertz CT molecular complexity index is 190. The fourth-order valence-corrected chi connectivity index (χ4v) is 3.23. The van der Waals surface area contributed by atoms with Crippen molar-refractivity contribution in [3.8, 4) is 0 Å². The van der Waals surface area contributed by atoms with Gasteiger partial charge in [0.15, 0.2) is 5.50 Å². The lowest BCUT2D eigenvalue weighted by molar-refractivity contribution is -0.934. The number of halogens is 1. The molecule has 0 bridgehead atoms. The number of hydrogen-bond donors (Lipinski definition) is 0. The third-order valence-electron chi connectivity index (χ3n) is 4.11. The van der Waals surface area contributed by atoms with Crippen molar-refractivity contribution in [2.45, 2.75) is 45.0 Å². The second-order valence-electron chi connectivity index (χ2n) is 5.63. The summed E-state index contributed by atoms with van der Waals surface area (Å²) in [5.41, 5.74) is 0.999. The van der Waals surface area contributed by atoms with E-state index in [1.807, 2.05) is 0 Å². The standard InChI is InChI=1S/C11H21ClN/c1-11(2)5-8-13(9-6-11)7-3-4-10(13)12/h10H,3-9H2,1-2H3/q+1. The first-order valence-electron chi connectivity index (χ1n) is 5.54. The van der Waals surface area contributed by atoms with E-state index in [2.05, 4.69) is 13.8 Å². The summed E-state index contributed by atoms with van der Waals surface area (Å²) in [6, 6.07) is 0. The monoisotopic (exact) mass is 202 g/mol. The van der Waals surface area contributed by atoms with E-state index in [1.165, 1.54) is 49.8 Å². The molecule has 2 heteroatoms. The Morgan fingerprint density at radius 2 is 1.77 bits per heavy atom. The number of quaternary nitrogens is 1. The maximum absolute atomic E-state index is 6.41. The van der Waals surface area contributed by atoms with Crippen molar-refractivity contribution < 1.29 is 4.48 Å². The predicted molar refractivity (Wildman–Crippen MR) is 56.8 cm³/mol. The van der Waals surface area contributed by atoms with Crippen molar-refractivity contribution in [3.63, 3.8) is 0 Å². The first-order chi connectivity index (χ1) is 6.04. The van der Waals surface area contributed by atoms with E-state index >= 15 is 0 Å². The third-order valence-corrected chi connectivity index (χ3v) is 4.74. The van der Waals surface area contributed by atoms with E-state index in [4.69, 9.17) is 11.6 Å². The van der Waals surface area contributed by atoms with Gasteiger partial charge in [0.25, 0.3) is 0 Å². The summed E-state index contributed by atoms with van der Waals surface area (Å²) in [7, 11) is 0. The van der Waals surface area contributed by atoms with Crippen LogP contribution in [0.15, 0.2) is 0 Å². The SMILES string of the molecule is CC1(C)CC[N+]2(CCCC2Cl)CC1. The predicted octanol–water partition coefficient (Wildman–Crippen LogP) is 2.98. The minimum absolute atomic E-state index is 0.427. The van der Waals surface area contributed by atoms with Gasteiger partial charge < -0.3 is 4.48 Å². The van der Waals surface area contributed by atoms with E-state index in [-0.39, 0.29) is 0 Å². The van der Waals surface area contributed by atoms with Gasteiger partial charge in [0, 0.05) is 25.7 Å². The largest absolute Gasteiger partial charge is 0.309 e. The lowest BCUT2D eigenvalue weighted by Gasteiger charge is -2.45. The molecule has 1 unspecified atom stereocenters. The topological polar surface area (TPSA) is 0 Å². The van der Waals surface area contributed by atoms with Crippen LogP contribution in [0.3, 0.4) is 0 Å². The molecule has 2 fully saturated rings. The van der Waals surface area contributed by atoms with Crippen molar-refractivity contribution in [3.05, 3.63) is 0 Å². The Hall–Kier alpha value is 0.250. The minimum Gasteiger partial charge on any atom is -0.309 e. The molecule has 2 aliphatic heterocycles. The van der Waals surface area contributed by atoms with Crippen LogP contribution in [0.2, 0.25) is 0 Å². The maximum atomic E-state index is 6.41. The van der Waals surface area contributed by atoms with Crippen molar-refractivity contribution in [2.24, 2.45) is 5.41 Å². The van der Waals surface area contributed by atoms with Gasteiger partial charge >= 0.3 is 0 Å². The second-order valence-corrected chi connectivity index (χ2v) is 6.13. The van der Waals surface area contributed by atoms with Crippen molar-refractivity contribution >= 4 is 11.6 Å². The fraction of sp³-hybridized carbons (Fsp3) is 1.00. The zero-order valence-electron chi connectivity index (χ0n) is 8.85. The Kier molecular flexibility index (Phi) is 2.36. The Morgan fingerprint density at radius 1 is 1.15 bits per heavy atom. The third kappa shape index (κ3) is 1.73. The van der Waals surface area contributed by atoms with E-state index in [0.717, 1.165) is 0 Å². The zero-order valence-corrected chi connectivity index (χ0v) is 9.61. The summed E-state index contributed by atoms with van der Waals surface area (Å²) < 4.78 is 1.23. The average Bonchev–Trinajstić information content (AvgIpc) is 2.41. The number of alkyl halides is 1. The molecule has 13 heavy (non-hydrogen) atoms. The van der Waals surface area contributed by atoms with E-state index in [1.54, 1.807) is 0 Å². The molecule has 2 saturated heterocycles. The summed E-state index contributed by atoms with van der Waals surface area (Å²) in [6.07, 6.45) is 5.29. The molecule has 0 aliphatic carbocycles. The van der Waals surface area contributed by atoms with E-state index in [0.29, 0.717) is 10.9 Å². The van der Waals surface area contributed by atoms with Gasteiger partial charge in [-0.25, -0.2) is 0 Å². The molecule has 0 radical (unpaired) electrons. The number of rotatable bonds is 0. The lowest BCUT2D eigenvalue weighted by Crippen LogP contribution is -2.55. The molecule has 0 N–H and O–H groups in total. The maximum Gasteiger partial charge on any atom is 0.165 e. The molecule has 1 spiro atoms. The van der Waals surface area contributed by atoms with Crippen LogP contribution in [0.4, 0.5) is 0 Å². The molecule has 2 aliphatic rings. The van der Waals surface area contributed by atoms with Gasteiger partial charge in [-0.3, -0.25) is 0 Å². The number of piperidine rings is 1. The first-order valence-corrected chi connectivity index (χ1v) is 5.98. The second kappa shape index (κ2) is 3.13. The van der Waals surface area contributed by atoms with Crippen LogP contribution in [0, 0.1) is 5.41 Å². The lowest BCUT2D eigenvalue weighted by atomic mass is 9.82. The molecule has 76 valence electrons. The summed E-state index contributed by atoms with van der Waals surface area (Å²) in [4.78, 5) is 0. The van der Waals surface area contributed by atoms with Crippen molar-refractivity contribution in [2.75, 3.05) is 19.6 Å². The molecule has 2 heterocycles. The molecular formula is C11H21ClN+. The normalized spacial score (nSPS) is 36.7. The van der Waals surface area contributed by atoms with Crippen LogP contribution in [0.5, 0.6) is 0 Å². The Labute approximate surface area is 86.7 Å². The summed E-state index contributed by atoms with van der Waals surface area (Å²) in [5, 5.41) is 0. The zero-order chi connectivity index (χ0) is 9.53. The van der Waals surface area contributed by atoms with Gasteiger partial charge in [-0.05, 0) is 5.41 Å². The van der Waals surface area contributed by atoms with Gasteiger partial charge in [-0.1, -0.05) is 25.4 Å². The van der Waals surface area contributed by atoms with Gasteiger partial charge in [0.05, 0.1) is 19.6 Å². The molecule has 1 nitrogen and oxygen atoms in total. The molecule has 0 saturated carbocycles. The van der Waals surface area contributed by atoms with Crippen LogP contribution in [0.1, 0.15) is 39.5 Å². The minimum atomic E-state index is 0.427. The van der Waals surface area contributed by atoms with Crippen molar-refractivity contribution in [1.29, 1.82) is 0 Å². The van der Waals surface area contributed by atoms with Gasteiger partial charge in [0.1, 0.15) is 0 Å². The smallest absolute Gasteiger partial charge is 0.165 e. The number of nitrogens with zero attached hydrogens (tertiary/aromatic N) is 1. The van der Waals surface area contributed by atoms with Crippen LogP contribution >= 0.6 is 11.6 Å². The molecule has 1 atom stereocenters. The summed E-state index contributed by atoms with van der Waals surface area (Å²) in [5.74, 6) is 0. The Balaban J connectivity index is 2.04. The van der Waals surface area contributed by atoms with Crippen LogP contribution in [0.25, 0.3) is 0 Å². The highest BCUT2D eigenvalue weighted by molar-refractivity contribution is 6.19. The van der Waals surface area contributed by atoms with Gasteiger partial charge in [-0.15, -0.1) is 0 Å². The van der Waals surface area contributed by atoms with Crippen molar-refractivity contribution in [1.82, 2.24) is 0 Å². The number of hydrogen-bond acceptors (Lipinski definition) is 0. The van der Waals surface area contributed by atoms with Gasteiger partial charge in [-0.2, -0.15) is 0 Å². The summed E-state index contributed by atoms with van der Waals surface area (Å²) in [6.45, 7) is 8.76. The molecular weight excluding hydrogens is 182 g/mol. The van der Waals surface area contributed by atoms with Crippen LogP contribution in [-0.4, -0.2) is 29.6 Å². The molecule has 0 aromatic carbocycles. The highest BCUT2D eigenvalue weighted by atomic mass is 35.5. The molecule has 0 amide bonds. The van der Waals surface area contributed by atoms with E-state index < -0.39 is 0 Å². The molecule has 0 aromatic rings. The fourth-order valence-electron chi connectivity index (χ4n) is 2.78. The summed E-state index contributed by atoms with van der Waals surface area (Å²) >= 11 is 6.41. The highest BCUT2D eigenvalue weighted by Crippen LogP contribution is 2.40. The highest BCUT2D eigenvalue weighted by Gasteiger charge is 2.44. The van der Waals surface area contributed by atoms with Crippen LogP contribution in [-0.2, 0) is 0 Å². The molecule has 2 rings (SSSR count). The molecule has 0 aromatic heterocycles. The first kappa shape index (κ1) is 9.79. The average molecular weight is 203 g/mol. The van der Waals surface area contributed by atoms with Crippen LogP contribution < -0.4 is 0 Å².